The van der Waals surface area contributed by atoms with E-state index in [1.165, 1.54) is 0 Å². The van der Waals surface area contributed by atoms with E-state index in [1.807, 2.05) is 18.2 Å². The molecule has 1 rings (SSSR count). The molecule has 0 heterocycles. The molecule has 2 unspecified atom stereocenters. The summed E-state index contributed by atoms with van der Waals surface area (Å²) in [6.07, 6.45) is 0.408. The van der Waals surface area contributed by atoms with Crippen molar-refractivity contribution in [2.24, 2.45) is 5.41 Å². The van der Waals surface area contributed by atoms with Crippen LogP contribution in [0.3, 0.4) is 0 Å². The fraction of sp³-hybridized carbons (Fsp3) is 0.647. The molecule has 0 saturated carbocycles. The molecule has 4 heteroatoms. The summed E-state index contributed by atoms with van der Waals surface area (Å²) in [6, 6.07) is 5.82. The lowest BCUT2D eigenvalue weighted by molar-refractivity contribution is 0.117. The summed E-state index contributed by atoms with van der Waals surface area (Å²) >= 11 is 0. The van der Waals surface area contributed by atoms with E-state index in [1.54, 1.807) is 14.2 Å². The van der Waals surface area contributed by atoms with Crippen LogP contribution in [-0.4, -0.2) is 32.0 Å². The Kier molecular flexibility index (Phi) is 6.49. The Balaban J connectivity index is 2.68. The van der Waals surface area contributed by atoms with Gasteiger partial charge in [0.2, 0.25) is 0 Å². The van der Waals surface area contributed by atoms with Gasteiger partial charge in [0.25, 0.3) is 0 Å². The molecule has 0 fully saturated rings. The van der Waals surface area contributed by atoms with Crippen LogP contribution in [0.25, 0.3) is 0 Å². The first-order valence-corrected chi connectivity index (χ1v) is 7.40. The van der Waals surface area contributed by atoms with Crippen molar-refractivity contribution in [1.82, 2.24) is 5.32 Å². The molecule has 21 heavy (non-hydrogen) atoms. The Bertz CT molecular complexity index is 440. The second kappa shape index (κ2) is 7.66. The van der Waals surface area contributed by atoms with E-state index >= 15 is 0 Å². The third-order valence-electron chi connectivity index (χ3n) is 3.41. The molecule has 0 radical (unpaired) electrons. The molecule has 0 aliphatic rings. The number of methoxy groups -OCH3 is 2. The minimum Gasteiger partial charge on any atom is -0.497 e. The molecule has 0 saturated heterocycles. The predicted octanol–water partition coefficient (Wildman–Crippen LogP) is 3.15. The second-order valence-corrected chi connectivity index (χ2v) is 6.66. The van der Waals surface area contributed by atoms with Crippen LogP contribution in [0.4, 0.5) is 0 Å². The lowest BCUT2D eigenvalue weighted by atomic mass is 9.89. The summed E-state index contributed by atoms with van der Waals surface area (Å²) in [7, 11) is 3.31. The molecule has 120 valence electrons. The van der Waals surface area contributed by atoms with Gasteiger partial charge in [-0.2, -0.15) is 0 Å². The quantitative estimate of drug-likeness (QED) is 0.811. The maximum absolute atomic E-state index is 10.1. The van der Waals surface area contributed by atoms with Crippen LogP contribution in [0, 0.1) is 5.41 Å². The number of ether oxygens (including phenoxy) is 2. The number of nitrogens with one attached hydrogen (secondary N) is 1. The SMILES string of the molecule is COc1ccc(OC)c(C(C)NCC(O)CC(C)(C)C)c1. The third-order valence-corrected chi connectivity index (χ3v) is 3.41. The summed E-state index contributed by atoms with van der Waals surface area (Å²) in [4.78, 5) is 0. The largest absolute Gasteiger partial charge is 0.497 e. The third kappa shape index (κ3) is 5.94. The second-order valence-electron chi connectivity index (χ2n) is 6.66. The maximum Gasteiger partial charge on any atom is 0.123 e. The molecular formula is C17H29NO3. The van der Waals surface area contributed by atoms with Crippen molar-refractivity contribution < 1.29 is 14.6 Å². The lowest BCUT2D eigenvalue weighted by Crippen LogP contribution is -2.32. The molecule has 0 amide bonds. The number of benzene rings is 1. The van der Waals surface area contributed by atoms with Gasteiger partial charge in [-0.1, -0.05) is 20.8 Å². The van der Waals surface area contributed by atoms with Gasteiger partial charge in [0.05, 0.1) is 20.3 Å². The fourth-order valence-corrected chi connectivity index (χ4v) is 2.38. The number of hydrogen-bond donors (Lipinski definition) is 2. The van der Waals surface area contributed by atoms with Gasteiger partial charge in [-0.25, -0.2) is 0 Å². The molecule has 1 aromatic carbocycles. The van der Waals surface area contributed by atoms with E-state index in [0.717, 1.165) is 23.5 Å². The van der Waals surface area contributed by atoms with Gasteiger partial charge < -0.3 is 19.9 Å². The van der Waals surface area contributed by atoms with Crippen molar-refractivity contribution in [2.75, 3.05) is 20.8 Å². The summed E-state index contributed by atoms with van der Waals surface area (Å²) in [6.45, 7) is 9.00. The average Bonchev–Trinajstić information content (AvgIpc) is 2.42. The van der Waals surface area contributed by atoms with Crippen molar-refractivity contribution >= 4 is 0 Å². The maximum atomic E-state index is 10.1. The highest BCUT2D eigenvalue weighted by Crippen LogP contribution is 2.29. The number of hydrogen-bond acceptors (Lipinski definition) is 4. The van der Waals surface area contributed by atoms with Crippen molar-refractivity contribution in [3.63, 3.8) is 0 Å². The smallest absolute Gasteiger partial charge is 0.123 e. The van der Waals surface area contributed by atoms with Gasteiger partial charge in [0, 0.05) is 18.2 Å². The van der Waals surface area contributed by atoms with Gasteiger partial charge >= 0.3 is 0 Å². The summed E-state index contributed by atoms with van der Waals surface area (Å²) in [5.74, 6) is 1.62. The number of aliphatic hydroxyl groups excluding tert-OH is 1. The highest BCUT2D eigenvalue weighted by molar-refractivity contribution is 5.42. The molecule has 0 aliphatic heterocycles. The Morgan fingerprint density at radius 3 is 2.38 bits per heavy atom. The molecule has 0 bridgehead atoms. The zero-order valence-corrected chi connectivity index (χ0v) is 14.1. The van der Waals surface area contributed by atoms with Crippen molar-refractivity contribution in [3.05, 3.63) is 23.8 Å². The molecule has 0 spiro atoms. The summed E-state index contributed by atoms with van der Waals surface area (Å²) in [5.41, 5.74) is 1.15. The zero-order valence-electron chi connectivity index (χ0n) is 14.1. The normalized spacial score (nSPS) is 14.6. The van der Waals surface area contributed by atoms with Gasteiger partial charge in [0.15, 0.2) is 0 Å². The first kappa shape index (κ1) is 17.8. The number of aliphatic hydroxyl groups is 1. The highest BCUT2D eigenvalue weighted by atomic mass is 16.5. The van der Waals surface area contributed by atoms with Crippen molar-refractivity contribution in [1.29, 1.82) is 0 Å². The van der Waals surface area contributed by atoms with Crippen LogP contribution in [-0.2, 0) is 0 Å². The van der Waals surface area contributed by atoms with Crippen molar-refractivity contribution in [3.8, 4) is 11.5 Å². The van der Waals surface area contributed by atoms with Crippen LogP contribution in [0.5, 0.6) is 11.5 Å². The van der Waals surface area contributed by atoms with E-state index in [2.05, 4.69) is 33.0 Å². The molecule has 2 atom stereocenters. The standard InChI is InChI=1S/C17H29NO3/c1-12(18-11-13(19)10-17(2,3)4)15-9-14(20-5)7-8-16(15)21-6/h7-9,12-13,18-19H,10-11H2,1-6H3. The van der Waals surface area contributed by atoms with E-state index in [-0.39, 0.29) is 17.6 Å². The van der Waals surface area contributed by atoms with Crippen LogP contribution in [0.1, 0.15) is 45.7 Å². The van der Waals surface area contributed by atoms with Crippen molar-refractivity contribution in [2.45, 2.75) is 46.3 Å². The summed E-state index contributed by atoms with van der Waals surface area (Å²) < 4.78 is 10.7. The van der Waals surface area contributed by atoms with E-state index in [4.69, 9.17) is 9.47 Å². The molecular weight excluding hydrogens is 266 g/mol. The topological polar surface area (TPSA) is 50.7 Å². The van der Waals surface area contributed by atoms with Crippen LogP contribution >= 0.6 is 0 Å². The van der Waals surface area contributed by atoms with E-state index in [0.29, 0.717) is 6.54 Å². The minimum absolute atomic E-state index is 0.0738. The first-order chi connectivity index (χ1) is 9.76. The van der Waals surface area contributed by atoms with E-state index < -0.39 is 0 Å². The Labute approximate surface area is 128 Å². The summed E-state index contributed by atoms with van der Waals surface area (Å²) in [5, 5.41) is 13.5. The molecule has 2 N–H and O–H groups in total. The Morgan fingerprint density at radius 1 is 1.19 bits per heavy atom. The molecule has 0 aliphatic carbocycles. The number of rotatable bonds is 7. The van der Waals surface area contributed by atoms with E-state index in [9.17, 15) is 5.11 Å². The van der Waals surface area contributed by atoms with Gasteiger partial charge in [-0.15, -0.1) is 0 Å². The minimum atomic E-state index is -0.357. The lowest BCUT2D eigenvalue weighted by Gasteiger charge is -2.24. The zero-order chi connectivity index (χ0) is 16.0. The Hall–Kier alpha value is -1.26. The monoisotopic (exact) mass is 295 g/mol. The van der Waals surface area contributed by atoms with Gasteiger partial charge in [-0.3, -0.25) is 0 Å². The highest BCUT2D eigenvalue weighted by Gasteiger charge is 2.18. The fourth-order valence-electron chi connectivity index (χ4n) is 2.38. The van der Waals surface area contributed by atoms with Crippen LogP contribution < -0.4 is 14.8 Å². The van der Waals surface area contributed by atoms with Gasteiger partial charge in [0.1, 0.15) is 11.5 Å². The Morgan fingerprint density at radius 2 is 1.86 bits per heavy atom. The molecule has 4 nitrogen and oxygen atoms in total. The van der Waals surface area contributed by atoms with Crippen LogP contribution in [0.15, 0.2) is 18.2 Å². The van der Waals surface area contributed by atoms with Gasteiger partial charge in [-0.05, 0) is 37.0 Å². The first-order valence-electron chi connectivity index (χ1n) is 7.40. The van der Waals surface area contributed by atoms with Crippen LogP contribution in [0.2, 0.25) is 0 Å². The average molecular weight is 295 g/mol. The molecule has 0 aromatic heterocycles. The molecule has 1 aromatic rings. The predicted molar refractivity (Wildman–Crippen MR) is 86.0 cm³/mol.